The third-order valence-corrected chi connectivity index (χ3v) is 4.05. The second kappa shape index (κ2) is 11.2. The molecule has 0 aliphatic heterocycles. The molecular weight excluding hydrogens is 414 g/mol. The van der Waals surface area contributed by atoms with Crippen molar-refractivity contribution in [1.29, 1.82) is 0 Å². The second-order valence-corrected chi connectivity index (χ2v) is 8.08. The maximum atomic E-state index is 11.9. The molecule has 6 nitrogen and oxygen atoms in total. The van der Waals surface area contributed by atoms with Crippen LogP contribution in [0.1, 0.15) is 46.1 Å². The first kappa shape index (κ1) is 23.3. The fourth-order valence-electron chi connectivity index (χ4n) is 2.37. The van der Waals surface area contributed by atoms with Gasteiger partial charge in [0.15, 0.2) is 0 Å². The van der Waals surface area contributed by atoms with E-state index in [9.17, 15) is 14.4 Å². The van der Waals surface area contributed by atoms with E-state index >= 15 is 0 Å². The Labute approximate surface area is 169 Å². The molecule has 1 rings (SSSR count). The smallest absolute Gasteiger partial charge is 0.375 e. The number of esters is 2. The monoisotopic (exact) mass is 441 g/mol. The number of hydrogen-bond donors (Lipinski definition) is 1. The van der Waals surface area contributed by atoms with E-state index in [1.165, 1.54) is 0 Å². The summed E-state index contributed by atoms with van der Waals surface area (Å²) in [6.07, 6.45) is 0.797. The van der Waals surface area contributed by atoms with E-state index in [0.29, 0.717) is 13.0 Å². The number of benzene rings is 1. The number of Topliss-reactive ketones (excluding diaryl/α,β-unsaturated/α-hetero) is 1. The van der Waals surface area contributed by atoms with Crippen LogP contribution in [0.4, 0.5) is 0 Å². The van der Waals surface area contributed by atoms with Gasteiger partial charge in [-0.05, 0) is 51.8 Å². The molecular formula is C20H28BrNO5. The normalized spacial score (nSPS) is 12.3. The van der Waals surface area contributed by atoms with Crippen molar-refractivity contribution in [2.45, 2.75) is 58.6 Å². The van der Waals surface area contributed by atoms with Crippen molar-refractivity contribution in [3.8, 4) is 0 Å². The lowest BCUT2D eigenvalue weighted by atomic mass is 10.0. The molecule has 0 aliphatic carbocycles. The molecule has 0 radical (unpaired) electrons. The van der Waals surface area contributed by atoms with Crippen molar-refractivity contribution >= 4 is 33.7 Å². The van der Waals surface area contributed by atoms with Gasteiger partial charge in [-0.1, -0.05) is 28.1 Å². The molecule has 0 heterocycles. The van der Waals surface area contributed by atoms with Gasteiger partial charge in [-0.2, -0.15) is 0 Å². The molecule has 0 aromatic heterocycles. The van der Waals surface area contributed by atoms with Crippen molar-refractivity contribution in [1.82, 2.24) is 5.32 Å². The maximum absolute atomic E-state index is 11.9. The third kappa shape index (κ3) is 10.2. The van der Waals surface area contributed by atoms with Gasteiger partial charge in [-0.25, -0.2) is 4.79 Å². The molecule has 0 spiro atoms. The highest BCUT2D eigenvalue weighted by Gasteiger charge is 2.23. The Morgan fingerprint density at radius 3 is 2.33 bits per heavy atom. The minimum Gasteiger partial charge on any atom is -0.466 e. The van der Waals surface area contributed by atoms with Crippen LogP contribution >= 0.6 is 15.9 Å². The summed E-state index contributed by atoms with van der Waals surface area (Å²) < 4.78 is 11.1. The van der Waals surface area contributed by atoms with E-state index in [4.69, 9.17) is 9.47 Å². The molecule has 1 N–H and O–H groups in total. The zero-order chi connectivity index (χ0) is 20.4. The highest BCUT2D eigenvalue weighted by atomic mass is 79.9. The fraction of sp³-hybridized carbons (Fsp3) is 0.550. The molecule has 0 saturated heterocycles. The van der Waals surface area contributed by atoms with Crippen LogP contribution in [0, 0.1) is 0 Å². The van der Waals surface area contributed by atoms with Gasteiger partial charge >= 0.3 is 11.9 Å². The van der Waals surface area contributed by atoms with Crippen LogP contribution in [0.15, 0.2) is 28.7 Å². The average molecular weight is 442 g/mol. The van der Waals surface area contributed by atoms with Crippen LogP contribution in [0.2, 0.25) is 0 Å². The van der Waals surface area contributed by atoms with Gasteiger partial charge in [0.2, 0.25) is 5.78 Å². The van der Waals surface area contributed by atoms with Crippen molar-refractivity contribution in [3.63, 3.8) is 0 Å². The summed E-state index contributed by atoms with van der Waals surface area (Å²) >= 11 is 3.39. The molecule has 0 aliphatic rings. The Balaban J connectivity index is 2.60. The standard InChI is InChI=1S/C20H28BrNO5/c1-5-26-18(24)13-16(12-14-6-8-15(21)9-7-14)22-11-10-17(23)19(25)27-20(2,3)4/h6-9,16,22H,5,10-13H2,1-4H3. The Bertz CT molecular complexity index is 637. The summed E-state index contributed by atoms with van der Waals surface area (Å²) in [5, 5.41) is 3.18. The summed E-state index contributed by atoms with van der Waals surface area (Å²) in [7, 11) is 0. The largest absolute Gasteiger partial charge is 0.466 e. The number of hydrogen-bond acceptors (Lipinski definition) is 6. The number of carbonyl (C=O) groups is 3. The first-order valence-electron chi connectivity index (χ1n) is 9.00. The Kier molecular flexibility index (Phi) is 9.66. The van der Waals surface area contributed by atoms with Gasteiger partial charge in [0, 0.05) is 23.5 Å². The van der Waals surface area contributed by atoms with Crippen molar-refractivity contribution in [2.75, 3.05) is 13.2 Å². The minimum absolute atomic E-state index is 0.00851. The SMILES string of the molecule is CCOC(=O)CC(Cc1ccc(Br)cc1)NCCC(=O)C(=O)OC(C)(C)C. The number of carbonyl (C=O) groups excluding carboxylic acids is 3. The topological polar surface area (TPSA) is 81.7 Å². The second-order valence-electron chi connectivity index (χ2n) is 7.17. The molecule has 1 unspecified atom stereocenters. The lowest BCUT2D eigenvalue weighted by Crippen LogP contribution is -2.37. The number of halogens is 1. The summed E-state index contributed by atoms with van der Waals surface area (Å²) in [5.41, 5.74) is 0.354. The van der Waals surface area contributed by atoms with Crippen LogP contribution in [0.5, 0.6) is 0 Å². The molecule has 1 atom stereocenters. The average Bonchev–Trinajstić information content (AvgIpc) is 2.55. The first-order valence-corrected chi connectivity index (χ1v) is 9.79. The molecule has 1 aromatic carbocycles. The van der Waals surface area contributed by atoms with Gasteiger partial charge in [0.05, 0.1) is 13.0 Å². The van der Waals surface area contributed by atoms with E-state index < -0.39 is 17.4 Å². The van der Waals surface area contributed by atoms with Crippen LogP contribution < -0.4 is 5.32 Å². The maximum Gasteiger partial charge on any atom is 0.375 e. The van der Waals surface area contributed by atoms with Crippen LogP contribution in [-0.2, 0) is 30.3 Å². The summed E-state index contributed by atoms with van der Waals surface area (Å²) in [6, 6.07) is 7.61. The van der Waals surface area contributed by atoms with E-state index in [2.05, 4.69) is 21.2 Å². The van der Waals surface area contributed by atoms with E-state index in [1.54, 1.807) is 27.7 Å². The van der Waals surface area contributed by atoms with Gasteiger partial charge in [-0.15, -0.1) is 0 Å². The van der Waals surface area contributed by atoms with E-state index in [1.807, 2.05) is 24.3 Å². The molecule has 1 aromatic rings. The minimum atomic E-state index is -0.834. The highest BCUT2D eigenvalue weighted by molar-refractivity contribution is 9.10. The summed E-state index contributed by atoms with van der Waals surface area (Å²) in [5.74, 6) is -1.72. The molecule has 0 saturated carbocycles. The zero-order valence-corrected chi connectivity index (χ0v) is 17.9. The van der Waals surface area contributed by atoms with Crippen LogP contribution in [-0.4, -0.2) is 42.5 Å². The molecule has 7 heteroatoms. The summed E-state index contributed by atoms with van der Waals surface area (Å²) in [6.45, 7) is 7.49. The first-order chi connectivity index (χ1) is 12.6. The molecule has 0 fully saturated rings. The third-order valence-electron chi connectivity index (χ3n) is 3.53. The van der Waals surface area contributed by atoms with Gasteiger partial charge in [0.25, 0.3) is 0 Å². The number of rotatable bonds is 10. The predicted octanol–water partition coefficient (Wildman–Crippen LogP) is 3.20. The number of ether oxygens (including phenoxy) is 2. The Hall–Kier alpha value is -1.73. The van der Waals surface area contributed by atoms with E-state index in [-0.39, 0.29) is 31.4 Å². The molecule has 27 heavy (non-hydrogen) atoms. The predicted molar refractivity (Wildman–Crippen MR) is 106 cm³/mol. The van der Waals surface area contributed by atoms with Crippen molar-refractivity contribution in [3.05, 3.63) is 34.3 Å². The van der Waals surface area contributed by atoms with Crippen molar-refractivity contribution in [2.24, 2.45) is 0 Å². The Morgan fingerprint density at radius 2 is 1.78 bits per heavy atom. The molecule has 150 valence electrons. The highest BCUT2D eigenvalue weighted by Crippen LogP contribution is 2.13. The molecule has 0 amide bonds. The number of ketones is 1. The van der Waals surface area contributed by atoms with Crippen LogP contribution in [0.25, 0.3) is 0 Å². The van der Waals surface area contributed by atoms with Crippen molar-refractivity contribution < 1.29 is 23.9 Å². The lowest BCUT2D eigenvalue weighted by Gasteiger charge is -2.20. The Morgan fingerprint density at radius 1 is 1.15 bits per heavy atom. The summed E-state index contributed by atoms with van der Waals surface area (Å²) in [4.78, 5) is 35.5. The van der Waals surface area contributed by atoms with Crippen LogP contribution in [0.3, 0.4) is 0 Å². The van der Waals surface area contributed by atoms with Gasteiger partial charge in [-0.3, -0.25) is 9.59 Å². The quantitative estimate of drug-likeness (QED) is 0.443. The van der Waals surface area contributed by atoms with E-state index in [0.717, 1.165) is 10.0 Å². The lowest BCUT2D eigenvalue weighted by molar-refractivity contribution is -0.162. The number of nitrogens with one attached hydrogen (secondary N) is 1. The fourth-order valence-corrected chi connectivity index (χ4v) is 2.63. The van der Waals surface area contributed by atoms with Gasteiger partial charge < -0.3 is 14.8 Å². The zero-order valence-electron chi connectivity index (χ0n) is 16.3. The molecule has 0 bridgehead atoms. The van der Waals surface area contributed by atoms with Gasteiger partial charge in [0.1, 0.15) is 5.60 Å².